The number of aromatic nitrogens is 2. The number of nitrogens with zero attached hydrogens (tertiary/aromatic N) is 3. The molecule has 0 aliphatic carbocycles. The maximum Gasteiger partial charge on any atom is 0.148 e. The van der Waals surface area contributed by atoms with Crippen LogP contribution in [0.1, 0.15) is 45.0 Å². The van der Waals surface area contributed by atoms with Gasteiger partial charge >= 0.3 is 0 Å². The number of hydrogen-bond acceptors (Lipinski definition) is 6. The van der Waals surface area contributed by atoms with Gasteiger partial charge in [0, 0.05) is 30.7 Å². The van der Waals surface area contributed by atoms with Crippen molar-refractivity contribution in [1.29, 1.82) is 0 Å². The average molecular weight is 293 g/mol. The number of nitrogens with two attached hydrogens (primary N) is 1. The van der Waals surface area contributed by atoms with Gasteiger partial charge in [-0.25, -0.2) is 15.8 Å². The monoisotopic (exact) mass is 293 g/mol. The van der Waals surface area contributed by atoms with Crippen molar-refractivity contribution >= 4 is 11.6 Å². The van der Waals surface area contributed by atoms with E-state index in [-0.39, 0.29) is 12.0 Å². The molecule has 0 spiro atoms. The van der Waals surface area contributed by atoms with Crippen molar-refractivity contribution in [1.82, 2.24) is 9.97 Å². The zero-order valence-electron chi connectivity index (χ0n) is 13.5. The van der Waals surface area contributed by atoms with E-state index in [2.05, 4.69) is 36.1 Å². The van der Waals surface area contributed by atoms with E-state index < -0.39 is 0 Å². The number of nitrogens with one attached hydrogen (secondary N) is 1. The fourth-order valence-corrected chi connectivity index (χ4v) is 2.73. The van der Waals surface area contributed by atoms with E-state index in [1.165, 1.54) is 0 Å². The molecular formula is C15H27N5O. The molecule has 118 valence electrons. The normalized spacial score (nSPS) is 19.1. The second kappa shape index (κ2) is 6.15. The van der Waals surface area contributed by atoms with Crippen LogP contribution in [-0.4, -0.2) is 34.8 Å². The number of nitrogen functional groups attached to an aromatic ring is 1. The predicted octanol–water partition coefficient (Wildman–Crippen LogP) is 1.58. The Bertz CT molecular complexity index is 498. The Kier molecular flexibility index (Phi) is 4.68. The van der Waals surface area contributed by atoms with Crippen molar-refractivity contribution < 1.29 is 5.11 Å². The van der Waals surface area contributed by atoms with Crippen molar-refractivity contribution in [2.24, 2.45) is 11.8 Å². The van der Waals surface area contributed by atoms with Crippen LogP contribution >= 0.6 is 0 Å². The third-order valence-corrected chi connectivity index (χ3v) is 4.05. The van der Waals surface area contributed by atoms with Crippen LogP contribution in [0.4, 0.5) is 11.6 Å². The fourth-order valence-electron chi connectivity index (χ4n) is 2.73. The second-order valence-corrected chi connectivity index (χ2v) is 6.85. The first-order chi connectivity index (χ1) is 9.86. The summed E-state index contributed by atoms with van der Waals surface area (Å²) in [6.07, 6.45) is 1.95. The van der Waals surface area contributed by atoms with Gasteiger partial charge in [-0.2, -0.15) is 0 Å². The molecule has 0 radical (unpaired) electrons. The maximum atomic E-state index is 9.10. The number of hydrogen-bond donors (Lipinski definition) is 3. The van der Waals surface area contributed by atoms with E-state index in [4.69, 9.17) is 15.9 Å². The molecule has 0 saturated carbocycles. The molecule has 4 N–H and O–H groups in total. The summed E-state index contributed by atoms with van der Waals surface area (Å²) >= 11 is 0. The highest BCUT2D eigenvalue weighted by Gasteiger charge is 2.27. The molecule has 1 atom stereocenters. The molecule has 0 bridgehead atoms. The van der Waals surface area contributed by atoms with E-state index in [0.717, 1.165) is 43.1 Å². The van der Waals surface area contributed by atoms with Crippen molar-refractivity contribution in [2.45, 2.75) is 46.0 Å². The van der Waals surface area contributed by atoms with Crippen LogP contribution in [-0.2, 0) is 5.41 Å². The molecule has 21 heavy (non-hydrogen) atoms. The van der Waals surface area contributed by atoms with Crippen LogP contribution in [0, 0.1) is 12.8 Å². The van der Waals surface area contributed by atoms with Crippen LogP contribution in [0.15, 0.2) is 0 Å². The summed E-state index contributed by atoms with van der Waals surface area (Å²) in [5.41, 5.74) is 3.55. The van der Waals surface area contributed by atoms with Gasteiger partial charge in [-0.3, -0.25) is 0 Å². The largest absolute Gasteiger partial charge is 0.396 e. The lowest BCUT2D eigenvalue weighted by Gasteiger charge is -2.25. The number of rotatable bonds is 4. The third kappa shape index (κ3) is 3.44. The SMILES string of the molecule is Cc1c(NN)nc(C(C)(C)C)nc1N1CCC(CCO)C1. The summed E-state index contributed by atoms with van der Waals surface area (Å²) in [5.74, 6) is 8.60. The third-order valence-electron chi connectivity index (χ3n) is 4.05. The topological polar surface area (TPSA) is 87.3 Å². The van der Waals surface area contributed by atoms with E-state index >= 15 is 0 Å². The maximum absolute atomic E-state index is 9.10. The molecule has 1 saturated heterocycles. The molecule has 2 rings (SSSR count). The highest BCUT2D eigenvalue weighted by Crippen LogP contribution is 2.31. The summed E-state index contributed by atoms with van der Waals surface area (Å²) in [6, 6.07) is 0. The Labute approximate surface area is 126 Å². The number of anilines is 2. The van der Waals surface area contributed by atoms with Crippen molar-refractivity contribution in [3.05, 3.63) is 11.4 Å². The summed E-state index contributed by atoms with van der Waals surface area (Å²) in [6.45, 7) is 10.4. The Morgan fingerprint density at radius 1 is 1.38 bits per heavy atom. The molecule has 1 aliphatic heterocycles. The molecule has 1 unspecified atom stereocenters. The Balaban J connectivity index is 2.34. The lowest BCUT2D eigenvalue weighted by Crippen LogP contribution is -2.27. The fraction of sp³-hybridized carbons (Fsp3) is 0.733. The Hall–Kier alpha value is -1.40. The molecule has 2 heterocycles. The molecule has 1 aliphatic rings. The first kappa shape index (κ1) is 16.0. The molecular weight excluding hydrogens is 266 g/mol. The summed E-state index contributed by atoms with van der Waals surface area (Å²) in [5, 5.41) is 9.10. The standard InChI is InChI=1S/C15H27N5O/c1-10-12(19-16)17-14(15(2,3)4)18-13(10)20-7-5-11(9-20)6-8-21/h11,21H,5-9,16H2,1-4H3,(H,17,18,19). The van der Waals surface area contributed by atoms with Crippen LogP contribution in [0.25, 0.3) is 0 Å². The van der Waals surface area contributed by atoms with Crippen molar-refractivity contribution in [3.63, 3.8) is 0 Å². The lowest BCUT2D eigenvalue weighted by atomic mass is 9.95. The quantitative estimate of drug-likeness (QED) is 0.577. The minimum atomic E-state index is -0.127. The molecule has 0 amide bonds. The van der Waals surface area contributed by atoms with Gasteiger partial charge in [0.05, 0.1) is 0 Å². The van der Waals surface area contributed by atoms with Crippen LogP contribution in [0.5, 0.6) is 0 Å². The molecule has 1 aromatic rings. The zero-order valence-corrected chi connectivity index (χ0v) is 13.5. The lowest BCUT2D eigenvalue weighted by molar-refractivity contribution is 0.263. The smallest absolute Gasteiger partial charge is 0.148 e. The van der Waals surface area contributed by atoms with Gasteiger partial charge in [0.1, 0.15) is 17.5 Å². The van der Waals surface area contributed by atoms with Crippen LogP contribution in [0.2, 0.25) is 0 Å². The summed E-state index contributed by atoms with van der Waals surface area (Å²) in [4.78, 5) is 11.6. The van der Waals surface area contributed by atoms with Gasteiger partial charge in [-0.05, 0) is 25.7 Å². The second-order valence-electron chi connectivity index (χ2n) is 6.85. The highest BCUT2D eigenvalue weighted by molar-refractivity contribution is 5.59. The number of aliphatic hydroxyl groups excluding tert-OH is 1. The summed E-state index contributed by atoms with van der Waals surface area (Å²) < 4.78 is 0. The van der Waals surface area contributed by atoms with Gasteiger partial charge < -0.3 is 15.4 Å². The number of aliphatic hydroxyl groups is 1. The van der Waals surface area contributed by atoms with Gasteiger partial charge in [0.25, 0.3) is 0 Å². The molecule has 6 heteroatoms. The van der Waals surface area contributed by atoms with Crippen LogP contribution < -0.4 is 16.2 Å². The number of hydrazine groups is 1. The van der Waals surface area contributed by atoms with E-state index in [1.807, 2.05) is 6.92 Å². The van der Waals surface area contributed by atoms with E-state index in [1.54, 1.807) is 0 Å². The molecule has 0 aromatic carbocycles. The van der Waals surface area contributed by atoms with Crippen molar-refractivity contribution in [2.75, 3.05) is 30.0 Å². The molecule has 1 fully saturated rings. The zero-order chi connectivity index (χ0) is 15.6. The van der Waals surface area contributed by atoms with Gasteiger partial charge in [-0.15, -0.1) is 0 Å². The first-order valence-electron chi connectivity index (χ1n) is 7.58. The predicted molar refractivity (Wildman–Crippen MR) is 85.3 cm³/mol. The highest BCUT2D eigenvalue weighted by atomic mass is 16.3. The average Bonchev–Trinajstić information content (AvgIpc) is 2.86. The van der Waals surface area contributed by atoms with Crippen molar-refractivity contribution in [3.8, 4) is 0 Å². The minimum absolute atomic E-state index is 0.127. The Morgan fingerprint density at radius 3 is 2.67 bits per heavy atom. The van der Waals surface area contributed by atoms with Gasteiger partial charge in [-0.1, -0.05) is 20.8 Å². The summed E-state index contributed by atoms with van der Waals surface area (Å²) in [7, 11) is 0. The minimum Gasteiger partial charge on any atom is -0.396 e. The van der Waals surface area contributed by atoms with E-state index in [0.29, 0.717) is 11.7 Å². The molecule has 6 nitrogen and oxygen atoms in total. The van der Waals surface area contributed by atoms with Crippen LogP contribution in [0.3, 0.4) is 0 Å². The molecule has 1 aromatic heterocycles. The van der Waals surface area contributed by atoms with Gasteiger partial charge in [0.15, 0.2) is 0 Å². The van der Waals surface area contributed by atoms with E-state index in [9.17, 15) is 0 Å². The van der Waals surface area contributed by atoms with Gasteiger partial charge in [0.2, 0.25) is 0 Å². The first-order valence-corrected chi connectivity index (χ1v) is 7.58. The Morgan fingerprint density at radius 2 is 2.10 bits per heavy atom.